The van der Waals surface area contributed by atoms with Gasteiger partial charge in [-0.2, -0.15) is 0 Å². The molecular formula is C15H12FNO3S. The van der Waals surface area contributed by atoms with Crippen molar-refractivity contribution in [3.05, 3.63) is 64.0 Å². The summed E-state index contributed by atoms with van der Waals surface area (Å²) < 4.78 is 18.7. The molecule has 2 aromatic carbocycles. The van der Waals surface area contributed by atoms with E-state index in [1.807, 2.05) is 18.2 Å². The molecule has 0 aromatic heterocycles. The summed E-state index contributed by atoms with van der Waals surface area (Å²) in [5.74, 6) is 0.538. The maximum absolute atomic E-state index is 13.1. The maximum Gasteiger partial charge on any atom is 0.313 e. The molecule has 21 heavy (non-hydrogen) atoms. The third kappa shape index (κ3) is 2.85. The Morgan fingerprint density at radius 1 is 1.33 bits per heavy atom. The molecule has 0 aliphatic carbocycles. The van der Waals surface area contributed by atoms with Gasteiger partial charge in [0.05, 0.1) is 17.6 Å². The van der Waals surface area contributed by atoms with Crippen LogP contribution < -0.4 is 4.74 Å². The number of fused-ring (bicyclic) bond motifs is 1. The zero-order valence-corrected chi connectivity index (χ0v) is 11.8. The summed E-state index contributed by atoms with van der Waals surface area (Å²) in [5, 5.41) is 10.9. The van der Waals surface area contributed by atoms with Gasteiger partial charge in [0.2, 0.25) is 0 Å². The number of nitro benzene ring substituents is 1. The van der Waals surface area contributed by atoms with Crippen molar-refractivity contribution in [2.45, 2.75) is 10.8 Å². The number of hydrogen-bond donors (Lipinski definition) is 0. The highest BCUT2D eigenvalue weighted by atomic mass is 32.2. The molecule has 0 bridgehead atoms. The van der Waals surface area contributed by atoms with E-state index in [-0.39, 0.29) is 17.4 Å². The molecule has 0 spiro atoms. The number of ether oxygens (including phenoxy) is 1. The second kappa shape index (κ2) is 5.73. The molecule has 6 heteroatoms. The zero-order chi connectivity index (χ0) is 14.8. The van der Waals surface area contributed by atoms with E-state index >= 15 is 0 Å². The standard InChI is InChI=1S/C15H12FNO3S/c16-11-5-6-14(13(7-11)17(18)19)20-8-10-9-21-15-4-2-1-3-12(10)15/h1-7,10H,8-9H2. The molecule has 1 aliphatic rings. The van der Waals surface area contributed by atoms with E-state index in [2.05, 4.69) is 6.07 Å². The van der Waals surface area contributed by atoms with Gasteiger partial charge in [0, 0.05) is 16.6 Å². The summed E-state index contributed by atoms with van der Waals surface area (Å²) >= 11 is 1.75. The Kier molecular flexibility index (Phi) is 3.79. The molecule has 108 valence electrons. The first kappa shape index (κ1) is 13.9. The number of thioether (sulfide) groups is 1. The van der Waals surface area contributed by atoms with Crippen molar-refractivity contribution in [3.63, 3.8) is 0 Å². The first-order valence-corrected chi connectivity index (χ1v) is 7.42. The highest BCUT2D eigenvalue weighted by Gasteiger charge is 2.24. The molecular weight excluding hydrogens is 293 g/mol. The average molecular weight is 305 g/mol. The van der Waals surface area contributed by atoms with E-state index in [1.54, 1.807) is 11.8 Å². The van der Waals surface area contributed by atoms with Crippen LogP contribution >= 0.6 is 11.8 Å². The minimum atomic E-state index is -0.643. The summed E-state index contributed by atoms with van der Waals surface area (Å²) in [4.78, 5) is 11.5. The highest BCUT2D eigenvalue weighted by molar-refractivity contribution is 7.99. The van der Waals surface area contributed by atoms with Gasteiger partial charge in [0.15, 0.2) is 5.75 Å². The molecule has 0 saturated heterocycles. The van der Waals surface area contributed by atoms with Gasteiger partial charge in [-0.15, -0.1) is 11.8 Å². The van der Waals surface area contributed by atoms with E-state index < -0.39 is 10.7 Å². The third-order valence-electron chi connectivity index (χ3n) is 3.36. The molecule has 0 amide bonds. The molecule has 0 fully saturated rings. The summed E-state index contributed by atoms with van der Waals surface area (Å²) in [7, 11) is 0. The number of rotatable bonds is 4. The number of halogens is 1. The van der Waals surface area contributed by atoms with Crippen molar-refractivity contribution in [2.24, 2.45) is 0 Å². The Labute approximate surface area is 125 Å². The maximum atomic E-state index is 13.1. The lowest BCUT2D eigenvalue weighted by Gasteiger charge is -2.12. The van der Waals surface area contributed by atoms with Crippen molar-refractivity contribution in [3.8, 4) is 5.75 Å². The summed E-state index contributed by atoms with van der Waals surface area (Å²) in [6.07, 6.45) is 0. The van der Waals surface area contributed by atoms with Crippen molar-refractivity contribution >= 4 is 17.4 Å². The summed E-state index contributed by atoms with van der Waals surface area (Å²) in [6.45, 7) is 0.344. The lowest BCUT2D eigenvalue weighted by atomic mass is 10.0. The van der Waals surface area contributed by atoms with Crippen LogP contribution in [0.15, 0.2) is 47.4 Å². The van der Waals surface area contributed by atoms with Crippen molar-refractivity contribution < 1.29 is 14.1 Å². The Morgan fingerprint density at radius 2 is 2.14 bits per heavy atom. The molecule has 1 atom stereocenters. The van der Waals surface area contributed by atoms with Gasteiger partial charge in [0.25, 0.3) is 0 Å². The lowest BCUT2D eigenvalue weighted by Crippen LogP contribution is -2.10. The molecule has 1 heterocycles. The quantitative estimate of drug-likeness (QED) is 0.633. The lowest BCUT2D eigenvalue weighted by molar-refractivity contribution is -0.386. The van der Waals surface area contributed by atoms with Gasteiger partial charge < -0.3 is 4.74 Å². The number of benzene rings is 2. The van der Waals surface area contributed by atoms with Crippen LogP contribution in [0.5, 0.6) is 5.75 Å². The minimum Gasteiger partial charge on any atom is -0.486 e. The summed E-state index contributed by atoms with van der Waals surface area (Å²) in [6, 6.07) is 11.4. The SMILES string of the molecule is O=[N+]([O-])c1cc(F)ccc1OCC1CSc2ccccc21. The second-order valence-electron chi connectivity index (χ2n) is 4.73. The van der Waals surface area contributed by atoms with Crippen LogP contribution in [0.1, 0.15) is 11.5 Å². The van der Waals surface area contributed by atoms with Crippen molar-refractivity contribution in [2.75, 3.05) is 12.4 Å². The van der Waals surface area contributed by atoms with Crippen LogP contribution in [0.2, 0.25) is 0 Å². The fourth-order valence-electron chi connectivity index (χ4n) is 2.31. The Morgan fingerprint density at radius 3 is 2.95 bits per heavy atom. The average Bonchev–Trinajstić information content (AvgIpc) is 2.89. The van der Waals surface area contributed by atoms with Crippen molar-refractivity contribution in [1.29, 1.82) is 0 Å². The normalized spacial score (nSPS) is 16.5. The summed E-state index contributed by atoms with van der Waals surface area (Å²) in [5.41, 5.74) is 0.862. The highest BCUT2D eigenvalue weighted by Crippen LogP contribution is 2.40. The number of nitrogens with zero attached hydrogens (tertiary/aromatic N) is 1. The Balaban J connectivity index is 1.76. The van der Waals surface area contributed by atoms with Gasteiger partial charge in [-0.3, -0.25) is 10.1 Å². The smallest absolute Gasteiger partial charge is 0.313 e. The number of hydrogen-bond acceptors (Lipinski definition) is 4. The molecule has 0 N–H and O–H groups in total. The van der Waals surface area contributed by atoms with E-state index in [1.165, 1.54) is 22.6 Å². The monoisotopic (exact) mass is 305 g/mol. The predicted molar refractivity (Wildman–Crippen MR) is 78.5 cm³/mol. The van der Waals surface area contributed by atoms with E-state index in [0.717, 1.165) is 11.8 Å². The van der Waals surface area contributed by atoms with Crippen LogP contribution in [0.25, 0.3) is 0 Å². The van der Waals surface area contributed by atoms with Gasteiger partial charge in [-0.25, -0.2) is 4.39 Å². The van der Waals surface area contributed by atoms with Crippen LogP contribution in [-0.4, -0.2) is 17.3 Å². The van der Waals surface area contributed by atoms with Crippen LogP contribution in [-0.2, 0) is 0 Å². The molecule has 1 unspecified atom stereocenters. The van der Waals surface area contributed by atoms with Gasteiger partial charge in [0.1, 0.15) is 5.82 Å². The third-order valence-corrected chi connectivity index (χ3v) is 4.61. The molecule has 3 rings (SSSR count). The largest absolute Gasteiger partial charge is 0.486 e. The molecule has 2 aromatic rings. The van der Waals surface area contributed by atoms with Gasteiger partial charge in [-0.05, 0) is 23.8 Å². The van der Waals surface area contributed by atoms with E-state index in [0.29, 0.717) is 6.61 Å². The molecule has 0 saturated carbocycles. The predicted octanol–water partition coefficient (Wildman–Crippen LogP) is 4.00. The van der Waals surface area contributed by atoms with Crippen molar-refractivity contribution in [1.82, 2.24) is 0 Å². The zero-order valence-electron chi connectivity index (χ0n) is 11.0. The fourth-order valence-corrected chi connectivity index (χ4v) is 3.55. The van der Waals surface area contributed by atoms with Gasteiger partial charge >= 0.3 is 5.69 Å². The molecule has 4 nitrogen and oxygen atoms in total. The second-order valence-corrected chi connectivity index (χ2v) is 5.79. The topological polar surface area (TPSA) is 52.4 Å². The molecule has 1 aliphatic heterocycles. The van der Waals surface area contributed by atoms with Gasteiger partial charge in [-0.1, -0.05) is 18.2 Å². The van der Waals surface area contributed by atoms with E-state index in [9.17, 15) is 14.5 Å². The minimum absolute atomic E-state index is 0.107. The first-order valence-electron chi connectivity index (χ1n) is 6.43. The number of nitro groups is 1. The van der Waals surface area contributed by atoms with E-state index in [4.69, 9.17) is 4.74 Å². The Hall–Kier alpha value is -2.08. The van der Waals surface area contributed by atoms with Crippen LogP contribution in [0.3, 0.4) is 0 Å². The molecule has 0 radical (unpaired) electrons. The van der Waals surface area contributed by atoms with Crippen LogP contribution in [0, 0.1) is 15.9 Å². The Bertz CT molecular complexity index is 692. The fraction of sp³-hybridized carbons (Fsp3) is 0.200. The first-order chi connectivity index (χ1) is 10.1. The van der Waals surface area contributed by atoms with Crippen LogP contribution in [0.4, 0.5) is 10.1 Å².